The molecule has 0 atom stereocenters. The summed E-state index contributed by atoms with van der Waals surface area (Å²) in [6.45, 7) is 2.57. The first kappa shape index (κ1) is 18.7. The molecule has 0 saturated carbocycles. The molecule has 0 fully saturated rings. The minimum atomic E-state index is -0.406. The summed E-state index contributed by atoms with van der Waals surface area (Å²) in [5.41, 5.74) is 3.34. The van der Waals surface area contributed by atoms with Crippen molar-refractivity contribution in [3.05, 3.63) is 65.4 Å². The second-order valence-corrected chi connectivity index (χ2v) is 6.42. The number of fused-ring (bicyclic) bond motifs is 1. The number of nitrogens with zero attached hydrogens (tertiary/aromatic N) is 1. The zero-order valence-electron chi connectivity index (χ0n) is 15.6. The molecule has 0 radical (unpaired) electrons. The minimum absolute atomic E-state index is 0.279. The van der Waals surface area contributed by atoms with Crippen LogP contribution >= 0.6 is 0 Å². The summed E-state index contributed by atoms with van der Waals surface area (Å²) >= 11 is 0. The van der Waals surface area contributed by atoms with Crippen LogP contribution in [0.2, 0.25) is 0 Å². The number of hydrogen-bond acceptors (Lipinski definition) is 5. The van der Waals surface area contributed by atoms with E-state index in [-0.39, 0.29) is 5.75 Å². The summed E-state index contributed by atoms with van der Waals surface area (Å²) in [6.07, 6.45) is 4.58. The highest BCUT2D eigenvalue weighted by atomic mass is 16.5. The van der Waals surface area contributed by atoms with E-state index in [2.05, 4.69) is 11.9 Å². The number of pyridine rings is 1. The number of esters is 1. The van der Waals surface area contributed by atoms with Crippen molar-refractivity contribution >= 4 is 16.9 Å². The molecule has 0 saturated heterocycles. The Labute approximate surface area is 158 Å². The molecule has 0 bridgehead atoms. The van der Waals surface area contributed by atoms with E-state index in [0.717, 1.165) is 41.3 Å². The molecule has 0 amide bonds. The second-order valence-electron chi connectivity index (χ2n) is 6.42. The van der Waals surface area contributed by atoms with Gasteiger partial charge in [-0.25, -0.2) is 4.79 Å². The van der Waals surface area contributed by atoms with Gasteiger partial charge < -0.3 is 14.6 Å². The molecule has 27 heavy (non-hydrogen) atoms. The Hall–Kier alpha value is -3.08. The van der Waals surface area contributed by atoms with Gasteiger partial charge in [-0.05, 0) is 54.3 Å². The number of aromatic hydroxyl groups is 1. The summed E-state index contributed by atoms with van der Waals surface area (Å²) in [7, 11) is 1.35. The molecule has 1 N–H and O–H groups in total. The Morgan fingerprint density at radius 3 is 2.74 bits per heavy atom. The number of rotatable bonds is 7. The predicted octanol–water partition coefficient (Wildman–Crippen LogP) is 4.65. The van der Waals surface area contributed by atoms with Gasteiger partial charge in [0.25, 0.3) is 0 Å². The van der Waals surface area contributed by atoms with Gasteiger partial charge in [-0.1, -0.05) is 19.4 Å². The number of carbonyl (C=O) groups is 1. The van der Waals surface area contributed by atoms with Crippen molar-refractivity contribution in [1.82, 2.24) is 4.98 Å². The number of ether oxygens (including phenoxy) is 2. The molecule has 0 aliphatic carbocycles. The first-order chi connectivity index (χ1) is 13.1. The van der Waals surface area contributed by atoms with Crippen LogP contribution in [0.1, 0.15) is 41.3 Å². The molecule has 0 spiro atoms. The third kappa shape index (κ3) is 4.56. The third-order valence-electron chi connectivity index (χ3n) is 4.46. The highest BCUT2D eigenvalue weighted by molar-refractivity contribution is 5.93. The molecule has 0 aliphatic rings. The van der Waals surface area contributed by atoms with Gasteiger partial charge in [0.1, 0.15) is 18.1 Å². The molecular weight excluding hydrogens is 342 g/mol. The van der Waals surface area contributed by atoms with Crippen molar-refractivity contribution in [3.63, 3.8) is 0 Å². The standard InChI is InChI=1S/C22H23NO4/c1-3-4-5-15-11-19(24)8-6-17(15)14-27-20-9-7-16-10-18(22(25)26-2)13-23-21(16)12-20/h6-13,24H,3-5,14H2,1-2H3. The van der Waals surface area contributed by atoms with E-state index >= 15 is 0 Å². The van der Waals surface area contributed by atoms with Crippen molar-refractivity contribution in [2.24, 2.45) is 0 Å². The van der Waals surface area contributed by atoms with Gasteiger partial charge in [-0.3, -0.25) is 4.98 Å². The average molecular weight is 365 g/mol. The molecule has 2 aromatic carbocycles. The van der Waals surface area contributed by atoms with Gasteiger partial charge in [0.15, 0.2) is 0 Å². The van der Waals surface area contributed by atoms with Crippen molar-refractivity contribution in [2.45, 2.75) is 32.8 Å². The van der Waals surface area contributed by atoms with Crippen LogP contribution in [0.25, 0.3) is 10.9 Å². The Kier molecular flexibility index (Phi) is 5.91. The summed E-state index contributed by atoms with van der Waals surface area (Å²) < 4.78 is 10.7. The molecule has 1 heterocycles. The number of aryl methyl sites for hydroxylation is 1. The lowest BCUT2D eigenvalue weighted by Crippen LogP contribution is -2.02. The number of benzene rings is 2. The number of carbonyl (C=O) groups excluding carboxylic acids is 1. The van der Waals surface area contributed by atoms with E-state index in [4.69, 9.17) is 9.47 Å². The topological polar surface area (TPSA) is 68.7 Å². The summed E-state index contributed by atoms with van der Waals surface area (Å²) in [5.74, 6) is 0.577. The molecule has 1 aromatic heterocycles. The Morgan fingerprint density at radius 2 is 1.96 bits per heavy atom. The highest BCUT2D eigenvalue weighted by Crippen LogP contribution is 2.24. The average Bonchev–Trinajstić information content (AvgIpc) is 2.70. The van der Waals surface area contributed by atoms with Crippen molar-refractivity contribution in [2.75, 3.05) is 7.11 Å². The van der Waals surface area contributed by atoms with Crippen LogP contribution < -0.4 is 4.74 Å². The normalized spacial score (nSPS) is 10.7. The van der Waals surface area contributed by atoms with E-state index in [1.54, 1.807) is 12.1 Å². The number of aromatic nitrogens is 1. The van der Waals surface area contributed by atoms with Crippen LogP contribution in [0.5, 0.6) is 11.5 Å². The van der Waals surface area contributed by atoms with Crippen LogP contribution in [0.3, 0.4) is 0 Å². The summed E-state index contributed by atoms with van der Waals surface area (Å²) in [4.78, 5) is 15.9. The Morgan fingerprint density at radius 1 is 1.11 bits per heavy atom. The Balaban J connectivity index is 1.76. The number of hydrogen-bond donors (Lipinski definition) is 1. The van der Waals surface area contributed by atoms with Crippen LogP contribution in [0, 0.1) is 0 Å². The lowest BCUT2D eigenvalue weighted by molar-refractivity contribution is 0.0600. The zero-order valence-corrected chi connectivity index (χ0v) is 15.6. The quantitative estimate of drug-likeness (QED) is 0.617. The SMILES string of the molecule is CCCCc1cc(O)ccc1COc1ccc2cc(C(=O)OC)cnc2c1. The van der Waals surface area contributed by atoms with Gasteiger partial charge in [-0.15, -0.1) is 0 Å². The second kappa shape index (κ2) is 8.54. The number of methoxy groups -OCH3 is 1. The lowest BCUT2D eigenvalue weighted by atomic mass is 10.0. The summed E-state index contributed by atoms with van der Waals surface area (Å²) in [6, 6.07) is 12.7. The van der Waals surface area contributed by atoms with Gasteiger partial charge in [-0.2, -0.15) is 0 Å². The van der Waals surface area contributed by atoms with E-state index in [1.165, 1.54) is 13.3 Å². The van der Waals surface area contributed by atoms with Crippen LogP contribution in [-0.4, -0.2) is 23.2 Å². The smallest absolute Gasteiger partial charge is 0.339 e. The number of phenolic OH excluding ortho intramolecular Hbond substituents is 1. The molecule has 0 unspecified atom stereocenters. The maximum Gasteiger partial charge on any atom is 0.339 e. The summed E-state index contributed by atoms with van der Waals surface area (Å²) in [5, 5.41) is 10.6. The fourth-order valence-corrected chi connectivity index (χ4v) is 2.93. The number of unbranched alkanes of at least 4 members (excludes halogenated alkanes) is 1. The van der Waals surface area contributed by atoms with Crippen molar-refractivity contribution in [1.29, 1.82) is 0 Å². The third-order valence-corrected chi connectivity index (χ3v) is 4.46. The van der Waals surface area contributed by atoms with Crippen molar-refractivity contribution < 1.29 is 19.4 Å². The first-order valence-corrected chi connectivity index (χ1v) is 9.02. The van der Waals surface area contributed by atoms with Gasteiger partial charge in [0, 0.05) is 17.6 Å². The van der Waals surface area contributed by atoms with Gasteiger partial charge >= 0.3 is 5.97 Å². The van der Waals surface area contributed by atoms with E-state index in [9.17, 15) is 9.90 Å². The van der Waals surface area contributed by atoms with E-state index in [1.807, 2.05) is 30.3 Å². The highest BCUT2D eigenvalue weighted by Gasteiger charge is 2.09. The Bertz CT molecular complexity index is 952. The molecule has 140 valence electrons. The predicted molar refractivity (Wildman–Crippen MR) is 104 cm³/mol. The monoisotopic (exact) mass is 365 g/mol. The van der Waals surface area contributed by atoms with E-state index in [0.29, 0.717) is 17.9 Å². The van der Waals surface area contributed by atoms with Crippen LogP contribution in [0.4, 0.5) is 0 Å². The molecule has 5 heteroatoms. The minimum Gasteiger partial charge on any atom is -0.508 e. The lowest BCUT2D eigenvalue weighted by Gasteiger charge is -2.12. The van der Waals surface area contributed by atoms with Crippen molar-refractivity contribution in [3.8, 4) is 11.5 Å². The first-order valence-electron chi connectivity index (χ1n) is 9.02. The van der Waals surface area contributed by atoms with E-state index < -0.39 is 5.97 Å². The molecule has 3 aromatic rings. The maximum atomic E-state index is 11.6. The van der Waals surface area contributed by atoms with Gasteiger partial charge in [0.05, 0.1) is 18.2 Å². The maximum absolute atomic E-state index is 11.6. The van der Waals surface area contributed by atoms with Gasteiger partial charge in [0.2, 0.25) is 0 Å². The fourth-order valence-electron chi connectivity index (χ4n) is 2.93. The fraction of sp³-hybridized carbons (Fsp3) is 0.273. The zero-order chi connectivity index (χ0) is 19.2. The van der Waals surface area contributed by atoms with Crippen LogP contribution in [-0.2, 0) is 17.8 Å². The number of phenols is 1. The molecule has 5 nitrogen and oxygen atoms in total. The molecule has 0 aliphatic heterocycles. The largest absolute Gasteiger partial charge is 0.508 e. The molecular formula is C22H23NO4. The van der Waals surface area contributed by atoms with Crippen LogP contribution in [0.15, 0.2) is 48.7 Å². The molecule has 3 rings (SSSR count).